The number of hydrogen-bond donors (Lipinski definition) is 1. The summed E-state index contributed by atoms with van der Waals surface area (Å²) in [5.41, 5.74) is 0.514. The minimum atomic E-state index is -0.632. The first kappa shape index (κ1) is 22.7. The van der Waals surface area contributed by atoms with Crippen LogP contribution in [0.2, 0.25) is 5.02 Å². The Labute approximate surface area is 177 Å². The minimum absolute atomic E-state index is 0.124. The third-order valence-corrected chi connectivity index (χ3v) is 5.10. The molecule has 1 amide bonds. The van der Waals surface area contributed by atoms with Crippen molar-refractivity contribution in [2.75, 3.05) is 18.5 Å². The number of thiophene rings is 1. The van der Waals surface area contributed by atoms with Crippen LogP contribution in [0.15, 0.2) is 24.3 Å². The lowest BCUT2D eigenvalue weighted by atomic mass is 10.1. The highest BCUT2D eigenvalue weighted by atomic mass is 35.5. The van der Waals surface area contributed by atoms with Crippen LogP contribution < -0.4 is 10.1 Å². The number of amides is 1. The van der Waals surface area contributed by atoms with Crippen molar-refractivity contribution in [3.63, 3.8) is 0 Å². The highest BCUT2D eigenvalue weighted by Gasteiger charge is 2.27. The molecule has 9 heteroatoms. The van der Waals surface area contributed by atoms with E-state index in [0.29, 0.717) is 16.3 Å². The SMILES string of the molecule is CCOC(=O)c1c(NC(=O)COc2ccccc2Cl)sc(C(=O)OC(C)C)c1C. The Balaban J connectivity index is 2.22. The van der Waals surface area contributed by atoms with E-state index in [4.69, 9.17) is 25.8 Å². The molecule has 0 saturated carbocycles. The van der Waals surface area contributed by atoms with Gasteiger partial charge >= 0.3 is 11.9 Å². The average Bonchev–Trinajstić information content (AvgIpc) is 2.96. The summed E-state index contributed by atoms with van der Waals surface area (Å²) in [6.45, 7) is 6.56. The molecule has 156 valence electrons. The summed E-state index contributed by atoms with van der Waals surface area (Å²) in [6.07, 6.45) is -0.322. The molecule has 2 rings (SSSR count). The number of carbonyl (C=O) groups excluding carboxylic acids is 3. The number of benzene rings is 1. The monoisotopic (exact) mass is 439 g/mol. The van der Waals surface area contributed by atoms with Crippen LogP contribution in [0.25, 0.3) is 0 Å². The molecule has 0 aliphatic rings. The third-order valence-electron chi connectivity index (χ3n) is 3.60. The Bertz CT molecular complexity index is 908. The number of anilines is 1. The van der Waals surface area contributed by atoms with Gasteiger partial charge < -0.3 is 19.5 Å². The largest absolute Gasteiger partial charge is 0.482 e. The topological polar surface area (TPSA) is 90.9 Å². The molecule has 29 heavy (non-hydrogen) atoms. The van der Waals surface area contributed by atoms with Gasteiger partial charge in [-0.1, -0.05) is 23.7 Å². The van der Waals surface area contributed by atoms with E-state index in [2.05, 4.69) is 5.32 Å². The van der Waals surface area contributed by atoms with Crippen LogP contribution in [0.5, 0.6) is 5.75 Å². The van der Waals surface area contributed by atoms with E-state index in [-0.39, 0.29) is 34.8 Å². The van der Waals surface area contributed by atoms with E-state index in [0.717, 1.165) is 11.3 Å². The smallest absolute Gasteiger partial charge is 0.348 e. The Kier molecular flexibility index (Phi) is 8.04. The normalized spacial score (nSPS) is 10.6. The molecule has 1 aromatic carbocycles. The summed E-state index contributed by atoms with van der Waals surface area (Å²) in [6, 6.07) is 6.75. The van der Waals surface area contributed by atoms with Gasteiger partial charge in [-0.3, -0.25) is 4.79 Å². The minimum Gasteiger partial charge on any atom is -0.482 e. The molecule has 1 N–H and O–H groups in total. The fourth-order valence-corrected chi connectivity index (χ4v) is 3.67. The van der Waals surface area contributed by atoms with Gasteiger partial charge in [0.25, 0.3) is 5.91 Å². The first-order chi connectivity index (χ1) is 13.7. The first-order valence-corrected chi connectivity index (χ1v) is 10.1. The van der Waals surface area contributed by atoms with Crippen LogP contribution in [-0.2, 0) is 14.3 Å². The van der Waals surface area contributed by atoms with Crippen molar-refractivity contribution in [2.45, 2.75) is 33.8 Å². The van der Waals surface area contributed by atoms with Crippen molar-refractivity contribution >= 4 is 45.8 Å². The van der Waals surface area contributed by atoms with Crippen molar-refractivity contribution in [3.05, 3.63) is 45.3 Å². The molecule has 0 aliphatic heterocycles. The van der Waals surface area contributed by atoms with Crippen LogP contribution >= 0.6 is 22.9 Å². The van der Waals surface area contributed by atoms with Crippen LogP contribution in [0, 0.1) is 6.92 Å². The Morgan fingerprint density at radius 2 is 1.86 bits per heavy atom. The Hall–Kier alpha value is -2.58. The predicted octanol–water partition coefficient (Wildman–Crippen LogP) is 4.47. The van der Waals surface area contributed by atoms with Gasteiger partial charge in [0.1, 0.15) is 15.6 Å². The summed E-state index contributed by atoms with van der Waals surface area (Å²) in [4.78, 5) is 37.3. The quantitative estimate of drug-likeness (QED) is 0.610. The second-order valence-electron chi connectivity index (χ2n) is 6.20. The van der Waals surface area contributed by atoms with Crippen LogP contribution in [0.3, 0.4) is 0 Å². The van der Waals surface area contributed by atoms with Crippen LogP contribution in [-0.4, -0.2) is 37.2 Å². The van der Waals surface area contributed by atoms with E-state index >= 15 is 0 Å². The number of para-hydroxylation sites is 1. The third kappa shape index (κ3) is 5.95. The van der Waals surface area contributed by atoms with Gasteiger partial charge in [-0.2, -0.15) is 0 Å². The number of hydrogen-bond acceptors (Lipinski definition) is 7. The molecule has 2 aromatic rings. The van der Waals surface area contributed by atoms with Gasteiger partial charge in [0.2, 0.25) is 0 Å². The van der Waals surface area contributed by atoms with Gasteiger partial charge in [0, 0.05) is 0 Å². The zero-order valence-electron chi connectivity index (χ0n) is 16.5. The molecule has 0 saturated heterocycles. The molecule has 0 radical (unpaired) electrons. The molecular formula is C20H22ClNO6S. The van der Waals surface area contributed by atoms with Gasteiger partial charge in [0.15, 0.2) is 6.61 Å². The molecule has 1 aromatic heterocycles. The van der Waals surface area contributed by atoms with Gasteiger partial charge in [0.05, 0.1) is 23.3 Å². The molecular weight excluding hydrogens is 418 g/mol. The fraction of sp³-hybridized carbons (Fsp3) is 0.350. The van der Waals surface area contributed by atoms with Gasteiger partial charge in [-0.05, 0) is 45.4 Å². The number of carbonyl (C=O) groups is 3. The molecule has 0 fully saturated rings. The van der Waals surface area contributed by atoms with Crippen LogP contribution in [0.4, 0.5) is 5.00 Å². The van der Waals surface area contributed by atoms with Gasteiger partial charge in [-0.15, -0.1) is 11.3 Å². The van der Waals surface area contributed by atoms with Crippen molar-refractivity contribution < 1.29 is 28.6 Å². The Morgan fingerprint density at radius 1 is 1.17 bits per heavy atom. The predicted molar refractivity (Wildman–Crippen MR) is 111 cm³/mol. The lowest BCUT2D eigenvalue weighted by Crippen LogP contribution is -2.21. The molecule has 7 nitrogen and oxygen atoms in total. The zero-order chi connectivity index (χ0) is 21.6. The maximum Gasteiger partial charge on any atom is 0.348 e. The lowest BCUT2D eigenvalue weighted by Gasteiger charge is -2.09. The maximum atomic E-state index is 12.4. The molecule has 0 unspecified atom stereocenters. The fourth-order valence-electron chi connectivity index (χ4n) is 2.38. The van der Waals surface area contributed by atoms with Crippen molar-refractivity contribution in [1.82, 2.24) is 0 Å². The molecule has 0 atom stereocenters. The van der Waals surface area contributed by atoms with E-state index in [9.17, 15) is 14.4 Å². The first-order valence-electron chi connectivity index (χ1n) is 8.93. The van der Waals surface area contributed by atoms with E-state index in [1.54, 1.807) is 52.0 Å². The summed E-state index contributed by atoms with van der Waals surface area (Å²) in [7, 11) is 0. The Morgan fingerprint density at radius 3 is 2.48 bits per heavy atom. The van der Waals surface area contributed by atoms with E-state index < -0.39 is 17.8 Å². The van der Waals surface area contributed by atoms with Crippen molar-refractivity contribution in [3.8, 4) is 5.75 Å². The molecule has 1 heterocycles. The van der Waals surface area contributed by atoms with Crippen molar-refractivity contribution in [1.29, 1.82) is 0 Å². The van der Waals surface area contributed by atoms with Crippen LogP contribution in [0.1, 0.15) is 46.4 Å². The van der Waals surface area contributed by atoms with Gasteiger partial charge in [-0.25, -0.2) is 9.59 Å². The second kappa shape index (κ2) is 10.3. The highest BCUT2D eigenvalue weighted by molar-refractivity contribution is 7.18. The zero-order valence-corrected chi connectivity index (χ0v) is 18.1. The highest BCUT2D eigenvalue weighted by Crippen LogP contribution is 2.34. The summed E-state index contributed by atoms with van der Waals surface area (Å²) >= 11 is 6.96. The lowest BCUT2D eigenvalue weighted by molar-refractivity contribution is -0.118. The maximum absolute atomic E-state index is 12.4. The number of halogens is 1. The molecule has 0 bridgehead atoms. The molecule has 0 spiro atoms. The number of ether oxygens (including phenoxy) is 3. The van der Waals surface area contributed by atoms with E-state index in [1.807, 2.05) is 0 Å². The van der Waals surface area contributed by atoms with Crippen molar-refractivity contribution in [2.24, 2.45) is 0 Å². The number of esters is 2. The summed E-state index contributed by atoms with van der Waals surface area (Å²) in [5, 5.41) is 3.18. The van der Waals surface area contributed by atoms with E-state index in [1.165, 1.54) is 0 Å². The number of rotatable bonds is 8. The average molecular weight is 440 g/mol. The number of nitrogens with one attached hydrogen (secondary N) is 1. The summed E-state index contributed by atoms with van der Waals surface area (Å²) < 4.78 is 15.7. The standard InChI is InChI=1S/C20H22ClNO6S/c1-5-26-19(24)16-12(4)17(20(25)28-11(2)3)29-18(16)22-15(23)10-27-14-9-7-6-8-13(14)21/h6-9,11H,5,10H2,1-4H3,(H,22,23). The molecule has 0 aliphatic carbocycles. The second-order valence-corrected chi connectivity index (χ2v) is 7.63. The summed E-state index contributed by atoms with van der Waals surface area (Å²) in [5.74, 6) is -1.35.